The van der Waals surface area contributed by atoms with Gasteiger partial charge in [0.25, 0.3) is 0 Å². The van der Waals surface area contributed by atoms with Crippen molar-refractivity contribution in [2.45, 2.75) is 0 Å². The van der Waals surface area contributed by atoms with E-state index in [1.165, 1.54) is 19.1 Å². The van der Waals surface area contributed by atoms with E-state index in [2.05, 4.69) is 15.9 Å². The van der Waals surface area contributed by atoms with E-state index >= 15 is 0 Å². The van der Waals surface area contributed by atoms with E-state index in [-0.39, 0.29) is 29.6 Å². The van der Waals surface area contributed by atoms with Crippen molar-refractivity contribution in [1.29, 1.82) is 0 Å². The second kappa shape index (κ2) is 7.53. The lowest BCUT2D eigenvalue weighted by Crippen LogP contribution is -2.39. The number of halogens is 3. The largest absolute Gasteiger partial charge is 0.466 e. The molecule has 124 valence electrons. The molecule has 0 saturated carbocycles. The molecule has 1 aliphatic rings. The molecule has 0 aromatic heterocycles. The minimum Gasteiger partial charge on any atom is -0.466 e. The molecule has 6 nitrogen and oxygen atoms in total. The van der Waals surface area contributed by atoms with Crippen molar-refractivity contribution in [2.75, 3.05) is 32.5 Å². The van der Waals surface area contributed by atoms with Gasteiger partial charge in [-0.3, -0.25) is 0 Å². The molecule has 0 amide bonds. The van der Waals surface area contributed by atoms with Gasteiger partial charge in [0.1, 0.15) is 12.4 Å². The fourth-order valence-corrected chi connectivity index (χ4v) is 2.87. The number of hydrogen-bond donors (Lipinski definition) is 0. The first-order valence-electron chi connectivity index (χ1n) is 6.30. The first-order valence-corrected chi connectivity index (χ1v) is 7.85. The Morgan fingerprint density at radius 1 is 1.22 bits per heavy atom. The summed E-state index contributed by atoms with van der Waals surface area (Å²) in [7, 11) is 2.44. The van der Waals surface area contributed by atoms with Crippen LogP contribution in [0.25, 0.3) is 0 Å². The summed E-state index contributed by atoms with van der Waals surface area (Å²) in [5, 5.41) is 0.682. The summed E-state index contributed by atoms with van der Waals surface area (Å²) in [5.41, 5.74) is 0.499. The van der Waals surface area contributed by atoms with Crippen molar-refractivity contribution < 1.29 is 23.8 Å². The molecule has 0 unspecified atom stereocenters. The normalized spacial score (nSPS) is 14.7. The molecule has 0 aliphatic carbocycles. The van der Waals surface area contributed by atoms with Crippen molar-refractivity contribution in [2.24, 2.45) is 0 Å². The molecule has 0 radical (unpaired) electrons. The molecule has 1 aromatic carbocycles. The highest BCUT2D eigenvalue weighted by molar-refractivity contribution is 9.10. The lowest BCUT2D eigenvalue weighted by Gasteiger charge is -2.32. The minimum atomic E-state index is -0.698. The Hall–Kier alpha value is -1.28. The summed E-state index contributed by atoms with van der Waals surface area (Å²) in [4.78, 5) is 25.5. The summed E-state index contributed by atoms with van der Waals surface area (Å²) in [6.45, 7) is -0.0568. The smallest absolute Gasteiger partial charge is 0.355 e. The average Bonchev–Trinajstić information content (AvgIpc) is 2.57. The van der Waals surface area contributed by atoms with Gasteiger partial charge in [0.2, 0.25) is 0 Å². The van der Waals surface area contributed by atoms with E-state index in [9.17, 15) is 9.59 Å². The van der Waals surface area contributed by atoms with Crippen molar-refractivity contribution in [1.82, 2.24) is 0 Å². The van der Waals surface area contributed by atoms with Crippen LogP contribution in [0.1, 0.15) is 0 Å². The maximum Gasteiger partial charge on any atom is 0.355 e. The second-order valence-electron chi connectivity index (χ2n) is 4.41. The molecular weight excluding hydrogens is 413 g/mol. The van der Waals surface area contributed by atoms with E-state index in [0.29, 0.717) is 15.2 Å². The first-order chi connectivity index (χ1) is 10.9. The van der Waals surface area contributed by atoms with Crippen LogP contribution in [0.3, 0.4) is 0 Å². The van der Waals surface area contributed by atoms with Gasteiger partial charge in [-0.05, 0) is 28.1 Å². The van der Waals surface area contributed by atoms with E-state index in [1.54, 1.807) is 12.1 Å². The number of ether oxygens (including phenoxy) is 3. The van der Waals surface area contributed by atoms with Gasteiger partial charge in [-0.2, -0.15) is 0 Å². The highest BCUT2D eigenvalue weighted by Gasteiger charge is 2.33. The number of methoxy groups -OCH3 is 2. The second-order valence-corrected chi connectivity index (χ2v) is 5.99. The third-order valence-corrected chi connectivity index (χ3v) is 5.12. The molecule has 0 atom stereocenters. The van der Waals surface area contributed by atoms with Crippen LogP contribution in [0.2, 0.25) is 10.0 Å². The zero-order valence-corrected chi connectivity index (χ0v) is 15.3. The molecule has 0 spiro atoms. The summed E-state index contributed by atoms with van der Waals surface area (Å²) >= 11 is 15.6. The molecule has 23 heavy (non-hydrogen) atoms. The van der Waals surface area contributed by atoms with Gasteiger partial charge in [0.15, 0.2) is 0 Å². The Labute approximate surface area is 151 Å². The number of esters is 2. The maximum absolute atomic E-state index is 12.2. The quantitative estimate of drug-likeness (QED) is 0.548. The van der Waals surface area contributed by atoms with Crippen molar-refractivity contribution in [3.05, 3.63) is 37.9 Å². The fourth-order valence-electron chi connectivity index (χ4n) is 2.06. The highest BCUT2D eigenvalue weighted by atomic mass is 79.9. The molecule has 1 aromatic rings. The average molecular weight is 425 g/mol. The molecule has 9 heteroatoms. The Bertz CT molecular complexity index is 692. The van der Waals surface area contributed by atoms with E-state index in [1.807, 2.05) is 0 Å². The van der Waals surface area contributed by atoms with Gasteiger partial charge in [-0.15, -0.1) is 0 Å². The van der Waals surface area contributed by atoms with E-state index < -0.39 is 11.9 Å². The Morgan fingerprint density at radius 2 is 1.87 bits per heavy atom. The molecule has 2 rings (SSSR count). The lowest BCUT2D eigenvalue weighted by atomic mass is 10.1. The van der Waals surface area contributed by atoms with Gasteiger partial charge in [-0.1, -0.05) is 23.2 Å². The van der Waals surface area contributed by atoms with Crippen LogP contribution in [0, 0.1) is 0 Å². The first kappa shape index (κ1) is 18.1. The standard InChI is InChI=1S/C14H12BrCl2NO5/c1-21-13(19)7-5-23-6-18(12(7)14(20)22-2)9-4-3-8(16)10(15)11(9)17/h3-4H,5-6H2,1-2H3. The number of carbonyl (C=O) groups excluding carboxylic acids is 2. The molecule has 0 N–H and O–H groups in total. The van der Waals surface area contributed by atoms with Gasteiger partial charge >= 0.3 is 11.9 Å². The summed E-state index contributed by atoms with van der Waals surface area (Å²) in [6, 6.07) is 3.22. The Kier molecular flexibility index (Phi) is 5.91. The van der Waals surface area contributed by atoms with E-state index in [4.69, 9.17) is 37.4 Å². The van der Waals surface area contributed by atoms with Crippen LogP contribution in [0.5, 0.6) is 0 Å². The topological polar surface area (TPSA) is 65.1 Å². The molecule has 0 bridgehead atoms. The number of anilines is 1. The minimum absolute atomic E-state index is 0.0126. The molecule has 0 fully saturated rings. The number of nitrogens with zero attached hydrogens (tertiary/aromatic N) is 1. The number of rotatable bonds is 3. The zero-order chi connectivity index (χ0) is 17.1. The zero-order valence-electron chi connectivity index (χ0n) is 12.2. The summed E-state index contributed by atoms with van der Waals surface area (Å²) in [6.07, 6.45) is 0. The lowest BCUT2D eigenvalue weighted by molar-refractivity contribution is -0.140. The van der Waals surface area contributed by atoms with Crippen LogP contribution in [-0.4, -0.2) is 39.5 Å². The van der Waals surface area contributed by atoms with Crippen LogP contribution in [-0.2, 0) is 23.8 Å². The van der Waals surface area contributed by atoms with Crippen LogP contribution >= 0.6 is 39.1 Å². The van der Waals surface area contributed by atoms with Gasteiger partial charge in [0, 0.05) is 0 Å². The monoisotopic (exact) mass is 423 g/mol. The fraction of sp³-hybridized carbons (Fsp3) is 0.286. The number of carbonyl (C=O) groups is 2. The third kappa shape index (κ3) is 3.47. The number of benzene rings is 1. The van der Waals surface area contributed by atoms with Crippen molar-refractivity contribution in [3.8, 4) is 0 Å². The molecule has 1 aliphatic heterocycles. The number of hydrogen-bond acceptors (Lipinski definition) is 6. The Morgan fingerprint density at radius 3 is 2.48 bits per heavy atom. The van der Waals surface area contributed by atoms with Crippen LogP contribution in [0.4, 0.5) is 5.69 Å². The van der Waals surface area contributed by atoms with E-state index in [0.717, 1.165) is 0 Å². The predicted molar refractivity (Wildman–Crippen MR) is 88.5 cm³/mol. The highest BCUT2D eigenvalue weighted by Crippen LogP contribution is 2.40. The molecule has 1 heterocycles. The van der Waals surface area contributed by atoms with Crippen LogP contribution in [0.15, 0.2) is 27.9 Å². The molecular formula is C14H12BrCl2NO5. The van der Waals surface area contributed by atoms with Gasteiger partial charge in [-0.25, -0.2) is 9.59 Å². The predicted octanol–water partition coefficient (Wildman–Crippen LogP) is 3.15. The van der Waals surface area contributed by atoms with Crippen molar-refractivity contribution >= 4 is 56.8 Å². The summed E-state index contributed by atoms with van der Waals surface area (Å²) < 4.78 is 15.3. The SMILES string of the molecule is COC(=O)C1=C(C(=O)OC)N(c2ccc(Cl)c(Br)c2Cl)COC1. The Balaban J connectivity index is 2.62. The van der Waals surface area contributed by atoms with Crippen LogP contribution < -0.4 is 4.90 Å². The third-order valence-electron chi connectivity index (χ3n) is 3.14. The summed E-state index contributed by atoms with van der Waals surface area (Å²) in [5.74, 6) is -1.38. The molecule has 0 saturated heterocycles. The van der Waals surface area contributed by atoms with Gasteiger partial charge < -0.3 is 19.1 Å². The van der Waals surface area contributed by atoms with Crippen molar-refractivity contribution in [3.63, 3.8) is 0 Å². The van der Waals surface area contributed by atoms with Gasteiger partial charge in [0.05, 0.1) is 46.6 Å². The maximum atomic E-state index is 12.2.